The number of hydrogen-bond acceptors (Lipinski definition) is 4. The molecule has 0 saturated carbocycles. The highest BCUT2D eigenvalue weighted by molar-refractivity contribution is 4.82. The molecule has 5 nitrogen and oxygen atoms in total. The third kappa shape index (κ3) is 1.34. The minimum absolute atomic E-state index is 0.504. The normalized spacial score (nSPS) is 10.4. The van der Waals surface area contributed by atoms with Crippen LogP contribution in [0.4, 0.5) is 0 Å². The molecule has 0 unspecified atom stereocenters. The Morgan fingerprint density at radius 2 is 2.50 bits per heavy atom. The van der Waals surface area contributed by atoms with E-state index in [1.807, 2.05) is 0 Å². The van der Waals surface area contributed by atoms with E-state index in [-0.39, 0.29) is 0 Å². The highest BCUT2D eigenvalue weighted by atomic mass is 16.4. The highest BCUT2D eigenvalue weighted by Gasteiger charge is 2.01. The summed E-state index contributed by atoms with van der Waals surface area (Å²) >= 11 is 0. The van der Waals surface area contributed by atoms with Crippen LogP contribution in [0.15, 0.2) is 16.8 Å². The smallest absolute Gasteiger partial charge is 0.237 e. The second-order valence-corrected chi connectivity index (χ2v) is 2.35. The van der Waals surface area contributed by atoms with Crippen molar-refractivity contribution in [3.63, 3.8) is 0 Å². The first kappa shape index (κ1) is 7.02. The number of hydrogen-bond donors (Lipinski definition) is 0. The molecule has 0 aliphatic rings. The summed E-state index contributed by atoms with van der Waals surface area (Å²) in [5, 5.41) is 11.5. The van der Waals surface area contributed by atoms with Gasteiger partial charge in [0, 0.05) is 19.2 Å². The van der Waals surface area contributed by atoms with Crippen molar-refractivity contribution in [3.05, 3.63) is 30.2 Å². The summed E-state index contributed by atoms with van der Waals surface area (Å²) in [5.41, 5.74) is 0. The van der Waals surface area contributed by atoms with Crippen LogP contribution in [0, 0.1) is 13.0 Å². The molecule has 0 N–H and O–H groups in total. The Balaban J connectivity index is 2.14. The van der Waals surface area contributed by atoms with E-state index in [1.54, 1.807) is 24.0 Å². The minimum atomic E-state index is 0.504. The number of rotatable bonds is 2. The number of aromatic nitrogens is 4. The highest BCUT2D eigenvalue weighted by Crippen LogP contribution is 1.99. The third-order valence-corrected chi connectivity index (χ3v) is 1.37. The minimum Gasteiger partial charge on any atom is -0.424 e. The van der Waals surface area contributed by atoms with Crippen LogP contribution >= 0.6 is 0 Å². The van der Waals surface area contributed by atoms with Gasteiger partial charge >= 0.3 is 0 Å². The first-order valence-corrected chi connectivity index (χ1v) is 3.52. The van der Waals surface area contributed by atoms with Gasteiger partial charge in [-0.25, -0.2) is 0 Å². The van der Waals surface area contributed by atoms with Crippen LogP contribution in [0.1, 0.15) is 11.8 Å². The van der Waals surface area contributed by atoms with Crippen molar-refractivity contribution in [2.45, 2.75) is 13.5 Å². The fourth-order valence-electron chi connectivity index (χ4n) is 0.887. The van der Waals surface area contributed by atoms with Crippen LogP contribution in [0.25, 0.3) is 0 Å². The molecule has 2 aromatic heterocycles. The average molecular weight is 163 g/mol. The van der Waals surface area contributed by atoms with E-state index in [1.165, 1.54) is 0 Å². The van der Waals surface area contributed by atoms with Gasteiger partial charge in [0.15, 0.2) is 0 Å². The van der Waals surface area contributed by atoms with Crippen LogP contribution in [0.3, 0.4) is 0 Å². The number of aryl methyl sites for hydroxylation is 1. The summed E-state index contributed by atoms with van der Waals surface area (Å²) in [5.74, 6) is 1.13. The van der Waals surface area contributed by atoms with Crippen LogP contribution in [0.2, 0.25) is 0 Å². The van der Waals surface area contributed by atoms with Gasteiger partial charge in [0.1, 0.15) is 6.54 Å². The quantitative estimate of drug-likeness (QED) is 0.643. The first-order chi connectivity index (χ1) is 5.84. The lowest BCUT2D eigenvalue weighted by atomic mass is 10.6. The van der Waals surface area contributed by atoms with E-state index in [0.29, 0.717) is 18.3 Å². The Bertz CT molecular complexity index is 351. The van der Waals surface area contributed by atoms with E-state index in [4.69, 9.17) is 4.42 Å². The summed E-state index contributed by atoms with van der Waals surface area (Å²) in [7, 11) is 0. The van der Waals surface area contributed by atoms with Crippen molar-refractivity contribution in [2.75, 3.05) is 0 Å². The fraction of sp³-hybridized carbons (Fsp3) is 0.286. The Labute approximate surface area is 69.0 Å². The molecule has 2 heterocycles. The zero-order chi connectivity index (χ0) is 8.39. The van der Waals surface area contributed by atoms with E-state index >= 15 is 0 Å². The largest absolute Gasteiger partial charge is 0.424 e. The standard InChI is InChI=1S/C7H7N4O/c1-6-9-10-7(12-6)5-11-4-2-3-8-11/h3-4H,5H2,1H3. The zero-order valence-corrected chi connectivity index (χ0v) is 6.56. The van der Waals surface area contributed by atoms with Gasteiger partial charge in [-0.3, -0.25) is 4.68 Å². The van der Waals surface area contributed by atoms with Gasteiger partial charge < -0.3 is 4.42 Å². The van der Waals surface area contributed by atoms with Crippen LogP contribution in [0.5, 0.6) is 0 Å². The SMILES string of the molecule is Cc1nnc(Cn2c[c]cn2)o1. The second-order valence-electron chi connectivity index (χ2n) is 2.35. The van der Waals surface area contributed by atoms with E-state index < -0.39 is 0 Å². The van der Waals surface area contributed by atoms with Crippen molar-refractivity contribution in [2.24, 2.45) is 0 Å². The van der Waals surface area contributed by atoms with Gasteiger partial charge in [-0.2, -0.15) is 5.10 Å². The molecule has 0 saturated heterocycles. The summed E-state index contributed by atoms with van der Waals surface area (Å²) in [6.45, 7) is 2.26. The van der Waals surface area contributed by atoms with Crippen LogP contribution in [-0.4, -0.2) is 20.0 Å². The van der Waals surface area contributed by atoms with E-state index in [0.717, 1.165) is 0 Å². The molecule has 2 aromatic rings. The average Bonchev–Trinajstić information content (AvgIpc) is 2.63. The summed E-state index contributed by atoms with van der Waals surface area (Å²) in [6, 6.07) is 2.82. The lowest BCUT2D eigenvalue weighted by Crippen LogP contribution is -1.99. The molecule has 0 atom stereocenters. The monoisotopic (exact) mass is 163 g/mol. The Morgan fingerprint density at radius 3 is 3.08 bits per heavy atom. The molecule has 0 fully saturated rings. The second kappa shape index (κ2) is 2.77. The first-order valence-electron chi connectivity index (χ1n) is 3.52. The molecule has 0 amide bonds. The summed E-state index contributed by atoms with van der Waals surface area (Å²) < 4.78 is 6.83. The summed E-state index contributed by atoms with van der Waals surface area (Å²) in [6.07, 6.45) is 3.31. The topological polar surface area (TPSA) is 56.7 Å². The Hall–Kier alpha value is -1.65. The zero-order valence-electron chi connectivity index (χ0n) is 6.56. The lowest BCUT2D eigenvalue weighted by Gasteiger charge is -1.93. The molecule has 0 bridgehead atoms. The molecule has 0 aliphatic carbocycles. The van der Waals surface area contributed by atoms with Gasteiger partial charge in [0.05, 0.1) is 6.20 Å². The van der Waals surface area contributed by atoms with Crippen LogP contribution in [-0.2, 0) is 6.54 Å². The van der Waals surface area contributed by atoms with Crippen molar-refractivity contribution in [1.82, 2.24) is 20.0 Å². The molecule has 12 heavy (non-hydrogen) atoms. The number of nitrogens with zero attached hydrogens (tertiary/aromatic N) is 4. The molecule has 2 rings (SSSR count). The maximum Gasteiger partial charge on any atom is 0.237 e. The lowest BCUT2D eigenvalue weighted by molar-refractivity contribution is 0.444. The molecule has 5 heteroatoms. The van der Waals surface area contributed by atoms with Crippen molar-refractivity contribution in [1.29, 1.82) is 0 Å². The van der Waals surface area contributed by atoms with E-state index in [2.05, 4.69) is 21.4 Å². The molecule has 0 spiro atoms. The molecule has 61 valence electrons. The predicted octanol–water partition coefficient (Wildman–Crippen LogP) is 0.423. The van der Waals surface area contributed by atoms with E-state index in [9.17, 15) is 0 Å². The van der Waals surface area contributed by atoms with Gasteiger partial charge in [-0.1, -0.05) is 0 Å². The molecular formula is C7H7N4O. The van der Waals surface area contributed by atoms with Gasteiger partial charge in [-0.15, -0.1) is 10.2 Å². The van der Waals surface area contributed by atoms with Crippen LogP contribution < -0.4 is 0 Å². The molecule has 0 aliphatic heterocycles. The Morgan fingerprint density at radius 1 is 1.58 bits per heavy atom. The maximum atomic E-state index is 5.16. The molecular weight excluding hydrogens is 156 g/mol. The molecule has 1 radical (unpaired) electrons. The maximum absolute atomic E-state index is 5.16. The van der Waals surface area contributed by atoms with Crippen molar-refractivity contribution >= 4 is 0 Å². The summed E-state index contributed by atoms with van der Waals surface area (Å²) in [4.78, 5) is 0. The van der Waals surface area contributed by atoms with Gasteiger partial charge in [-0.05, 0) is 0 Å². The molecule has 0 aromatic carbocycles. The predicted molar refractivity (Wildman–Crippen MR) is 39.2 cm³/mol. The van der Waals surface area contributed by atoms with Gasteiger partial charge in [0.25, 0.3) is 0 Å². The van der Waals surface area contributed by atoms with Crippen molar-refractivity contribution in [3.8, 4) is 0 Å². The van der Waals surface area contributed by atoms with Crippen molar-refractivity contribution < 1.29 is 4.42 Å². The Kier molecular flexibility index (Phi) is 1.62. The van der Waals surface area contributed by atoms with Gasteiger partial charge in [0.2, 0.25) is 11.8 Å². The third-order valence-electron chi connectivity index (χ3n) is 1.37. The fourth-order valence-corrected chi connectivity index (χ4v) is 0.887.